The molecule has 0 aliphatic rings. The van der Waals surface area contributed by atoms with E-state index < -0.39 is 0 Å². The van der Waals surface area contributed by atoms with E-state index in [1.807, 2.05) is 30.3 Å². The van der Waals surface area contributed by atoms with E-state index in [0.717, 1.165) is 11.1 Å². The van der Waals surface area contributed by atoms with Crippen LogP contribution >= 0.6 is 0 Å². The molecule has 15 heavy (non-hydrogen) atoms. The second kappa shape index (κ2) is 5.20. The summed E-state index contributed by atoms with van der Waals surface area (Å²) in [6.45, 7) is 4.08. The van der Waals surface area contributed by atoms with Gasteiger partial charge in [0.1, 0.15) is 6.61 Å². The Bertz CT molecular complexity index is 344. The summed E-state index contributed by atoms with van der Waals surface area (Å²) < 4.78 is 5.01. The van der Waals surface area contributed by atoms with E-state index in [1.54, 1.807) is 14.1 Å². The first-order chi connectivity index (χ1) is 7.11. The number of amides is 1. The van der Waals surface area contributed by atoms with Gasteiger partial charge in [-0.3, -0.25) is 0 Å². The lowest BCUT2D eigenvalue weighted by molar-refractivity contribution is 0.131. The van der Waals surface area contributed by atoms with Gasteiger partial charge >= 0.3 is 6.09 Å². The van der Waals surface area contributed by atoms with Crippen LogP contribution < -0.4 is 0 Å². The summed E-state index contributed by atoms with van der Waals surface area (Å²) in [5.41, 5.74) is 1.79. The highest BCUT2D eigenvalue weighted by Gasteiger charge is 2.05. The largest absolute Gasteiger partial charge is 0.445 e. The quantitative estimate of drug-likeness (QED) is 0.758. The molecular formula is C12H15NO2. The van der Waals surface area contributed by atoms with Crippen LogP contribution in [0.4, 0.5) is 4.79 Å². The summed E-state index contributed by atoms with van der Waals surface area (Å²) in [5, 5.41) is 0. The van der Waals surface area contributed by atoms with Crippen molar-refractivity contribution in [1.82, 2.24) is 4.90 Å². The summed E-state index contributed by atoms with van der Waals surface area (Å²) in [4.78, 5) is 12.5. The summed E-state index contributed by atoms with van der Waals surface area (Å²) >= 11 is 0. The van der Waals surface area contributed by atoms with Crippen molar-refractivity contribution in [1.29, 1.82) is 0 Å². The molecule has 80 valence electrons. The first kappa shape index (κ1) is 11.3. The van der Waals surface area contributed by atoms with Gasteiger partial charge in [-0.05, 0) is 11.1 Å². The van der Waals surface area contributed by atoms with Gasteiger partial charge in [0.25, 0.3) is 0 Å². The maximum Gasteiger partial charge on any atom is 0.409 e. The lowest BCUT2D eigenvalue weighted by atomic mass is 10.1. The van der Waals surface area contributed by atoms with Crippen molar-refractivity contribution in [3.8, 4) is 0 Å². The highest BCUT2D eigenvalue weighted by molar-refractivity contribution is 5.70. The van der Waals surface area contributed by atoms with Crippen molar-refractivity contribution in [2.45, 2.75) is 0 Å². The van der Waals surface area contributed by atoms with Crippen molar-refractivity contribution in [2.75, 3.05) is 20.7 Å². The summed E-state index contributed by atoms with van der Waals surface area (Å²) in [6.07, 6.45) is -0.355. The maximum atomic E-state index is 11.1. The predicted molar refractivity (Wildman–Crippen MR) is 60.5 cm³/mol. The SMILES string of the molecule is C=C(COC(=O)N(C)C)c1ccccc1. The minimum Gasteiger partial charge on any atom is -0.445 e. The molecule has 1 aromatic rings. The van der Waals surface area contributed by atoms with Gasteiger partial charge in [-0.1, -0.05) is 36.9 Å². The minimum atomic E-state index is -0.355. The van der Waals surface area contributed by atoms with Gasteiger partial charge in [0, 0.05) is 14.1 Å². The third kappa shape index (κ3) is 3.46. The fourth-order valence-electron chi connectivity index (χ4n) is 1.04. The Hall–Kier alpha value is -1.77. The zero-order valence-electron chi connectivity index (χ0n) is 9.06. The van der Waals surface area contributed by atoms with E-state index in [1.165, 1.54) is 4.90 Å². The van der Waals surface area contributed by atoms with Crippen LogP contribution in [0, 0.1) is 0 Å². The summed E-state index contributed by atoms with van der Waals surface area (Å²) in [5.74, 6) is 0. The fraction of sp³-hybridized carbons (Fsp3) is 0.250. The van der Waals surface area contributed by atoms with Crippen molar-refractivity contribution < 1.29 is 9.53 Å². The van der Waals surface area contributed by atoms with Crippen LogP contribution in [0.2, 0.25) is 0 Å². The topological polar surface area (TPSA) is 29.5 Å². The number of hydrogen-bond donors (Lipinski definition) is 0. The molecule has 0 aliphatic carbocycles. The Morgan fingerprint density at radius 3 is 2.47 bits per heavy atom. The molecule has 0 unspecified atom stereocenters. The zero-order chi connectivity index (χ0) is 11.3. The molecule has 0 aromatic heterocycles. The van der Waals surface area contributed by atoms with Gasteiger partial charge in [0.15, 0.2) is 0 Å². The van der Waals surface area contributed by atoms with Crippen LogP contribution in [-0.4, -0.2) is 31.7 Å². The van der Waals surface area contributed by atoms with E-state index in [0.29, 0.717) is 0 Å². The maximum absolute atomic E-state index is 11.1. The van der Waals surface area contributed by atoms with E-state index >= 15 is 0 Å². The number of nitrogens with zero attached hydrogens (tertiary/aromatic N) is 1. The number of benzene rings is 1. The highest BCUT2D eigenvalue weighted by Crippen LogP contribution is 2.11. The molecule has 0 radical (unpaired) electrons. The second-order valence-corrected chi connectivity index (χ2v) is 3.42. The average Bonchev–Trinajstić information content (AvgIpc) is 2.26. The van der Waals surface area contributed by atoms with Crippen LogP contribution in [0.3, 0.4) is 0 Å². The molecule has 0 N–H and O–H groups in total. The van der Waals surface area contributed by atoms with E-state index in [2.05, 4.69) is 6.58 Å². The number of carbonyl (C=O) groups excluding carboxylic acids is 1. The third-order valence-corrected chi connectivity index (χ3v) is 1.92. The summed E-state index contributed by atoms with van der Waals surface area (Å²) in [6, 6.07) is 9.66. The molecule has 1 aromatic carbocycles. The van der Waals surface area contributed by atoms with Crippen LogP contribution in [0.1, 0.15) is 5.56 Å². The standard InChI is InChI=1S/C12H15NO2/c1-10(9-15-12(14)13(2)3)11-7-5-4-6-8-11/h4-8H,1,9H2,2-3H3. The predicted octanol–water partition coefficient (Wildman–Crippen LogP) is 2.40. The van der Waals surface area contributed by atoms with E-state index in [-0.39, 0.29) is 12.7 Å². The lowest BCUT2D eigenvalue weighted by Crippen LogP contribution is -2.23. The molecule has 0 saturated carbocycles. The Labute approximate surface area is 90.0 Å². The number of hydrogen-bond acceptors (Lipinski definition) is 2. The van der Waals surface area contributed by atoms with Gasteiger partial charge in [-0.2, -0.15) is 0 Å². The molecule has 3 heteroatoms. The molecule has 3 nitrogen and oxygen atoms in total. The molecule has 0 fully saturated rings. The van der Waals surface area contributed by atoms with Gasteiger partial charge < -0.3 is 9.64 Å². The molecule has 0 saturated heterocycles. The first-order valence-corrected chi connectivity index (χ1v) is 4.68. The Morgan fingerprint density at radius 1 is 1.33 bits per heavy atom. The second-order valence-electron chi connectivity index (χ2n) is 3.42. The average molecular weight is 205 g/mol. The van der Waals surface area contributed by atoms with Crippen LogP contribution in [0.15, 0.2) is 36.9 Å². The third-order valence-electron chi connectivity index (χ3n) is 1.92. The van der Waals surface area contributed by atoms with Gasteiger partial charge in [-0.25, -0.2) is 4.79 Å². The number of ether oxygens (including phenoxy) is 1. The van der Waals surface area contributed by atoms with Crippen LogP contribution in [0.5, 0.6) is 0 Å². The lowest BCUT2D eigenvalue weighted by Gasteiger charge is -2.12. The number of rotatable bonds is 3. The molecule has 1 rings (SSSR count). The number of carbonyl (C=O) groups is 1. The normalized spacial score (nSPS) is 9.47. The molecule has 0 heterocycles. The summed E-state index contributed by atoms with van der Waals surface area (Å²) in [7, 11) is 3.29. The smallest absolute Gasteiger partial charge is 0.409 e. The zero-order valence-corrected chi connectivity index (χ0v) is 9.06. The van der Waals surface area contributed by atoms with E-state index in [9.17, 15) is 4.79 Å². The highest BCUT2D eigenvalue weighted by atomic mass is 16.6. The molecule has 0 bridgehead atoms. The van der Waals surface area contributed by atoms with Gasteiger partial charge in [-0.15, -0.1) is 0 Å². The molecule has 0 atom stereocenters. The Balaban J connectivity index is 2.48. The van der Waals surface area contributed by atoms with Gasteiger partial charge in [0.2, 0.25) is 0 Å². The Morgan fingerprint density at radius 2 is 1.93 bits per heavy atom. The van der Waals surface area contributed by atoms with Crippen LogP contribution in [-0.2, 0) is 4.74 Å². The van der Waals surface area contributed by atoms with Crippen LogP contribution in [0.25, 0.3) is 5.57 Å². The monoisotopic (exact) mass is 205 g/mol. The molecule has 0 aliphatic heterocycles. The van der Waals surface area contributed by atoms with Gasteiger partial charge in [0.05, 0.1) is 0 Å². The van der Waals surface area contributed by atoms with E-state index in [4.69, 9.17) is 4.74 Å². The van der Waals surface area contributed by atoms with Crippen molar-refractivity contribution >= 4 is 11.7 Å². The van der Waals surface area contributed by atoms with Crippen molar-refractivity contribution in [3.05, 3.63) is 42.5 Å². The fourth-order valence-corrected chi connectivity index (χ4v) is 1.04. The molecule has 0 spiro atoms. The first-order valence-electron chi connectivity index (χ1n) is 4.68. The van der Waals surface area contributed by atoms with Crippen molar-refractivity contribution in [2.24, 2.45) is 0 Å². The molecule has 1 amide bonds. The Kier molecular flexibility index (Phi) is 3.92. The van der Waals surface area contributed by atoms with Crippen molar-refractivity contribution in [3.63, 3.8) is 0 Å². The minimum absolute atomic E-state index is 0.223. The molecular weight excluding hydrogens is 190 g/mol.